The van der Waals surface area contributed by atoms with Gasteiger partial charge in [-0.05, 0) is 5.92 Å². The molecular formula is C9H13NO3. The van der Waals surface area contributed by atoms with E-state index in [1.54, 1.807) is 6.08 Å². The minimum absolute atomic E-state index is 0.145. The van der Waals surface area contributed by atoms with Crippen molar-refractivity contribution in [3.05, 3.63) is 12.2 Å². The van der Waals surface area contributed by atoms with Gasteiger partial charge in [-0.3, -0.25) is 4.79 Å². The molecule has 0 aromatic rings. The molecule has 4 nitrogen and oxygen atoms in total. The van der Waals surface area contributed by atoms with Crippen molar-refractivity contribution in [1.82, 2.24) is 0 Å². The summed E-state index contributed by atoms with van der Waals surface area (Å²) in [5, 5.41) is 0. The molecule has 0 rings (SSSR count). The van der Waals surface area contributed by atoms with E-state index < -0.39 is 0 Å². The fraction of sp³-hybridized carbons (Fsp3) is 0.556. The molecule has 0 unspecified atom stereocenters. The average molecular weight is 183 g/mol. The summed E-state index contributed by atoms with van der Waals surface area (Å²) >= 11 is 0. The van der Waals surface area contributed by atoms with Gasteiger partial charge in [0.2, 0.25) is 6.08 Å². The van der Waals surface area contributed by atoms with Crippen molar-refractivity contribution < 1.29 is 14.3 Å². The summed E-state index contributed by atoms with van der Waals surface area (Å²) in [6.07, 6.45) is 5.24. The van der Waals surface area contributed by atoms with Gasteiger partial charge in [0.15, 0.2) is 0 Å². The Bertz CT molecular complexity index is 229. The number of hydrogen-bond acceptors (Lipinski definition) is 4. The van der Waals surface area contributed by atoms with E-state index in [-0.39, 0.29) is 18.3 Å². The Morgan fingerprint density at radius 3 is 2.92 bits per heavy atom. The molecule has 0 aliphatic heterocycles. The predicted octanol–water partition coefficient (Wildman–Crippen LogP) is 1.08. The molecule has 0 saturated heterocycles. The highest BCUT2D eigenvalue weighted by Gasteiger charge is 1.97. The maximum absolute atomic E-state index is 10.6. The van der Waals surface area contributed by atoms with Gasteiger partial charge in [-0.15, -0.1) is 0 Å². The van der Waals surface area contributed by atoms with Gasteiger partial charge in [-0.1, -0.05) is 19.1 Å². The van der Waals surface area contributed by atoms with Crippen LogP contribution in [-0.4, -0.2) is 25.7 Å². The van der Waals surface area contributed by atoms with Crippen LogP contribution in [0.1, 0.15) is 13.3 Å². The Balaban J connectivity index is 3.70. The van der Waals surface area contributed by atoms with Crippen LogP contribution in [0.5, 0.6) is 0 Å². The van der Waals surface area contributed by atoms with Crippen LogP contribution in [0.3, 0.4) is 0 Å². The largest absolute Gasteiger partial charge is 0.469 e. The predicted molar refractivity (Wildman–Crippen MR) is 47.9 cm³/mol. The number of carbonyl (C=O) groups excluding carboxylic acids is 2. The third-order valence-electron chi connectivity index (χ3n) is 1.42. The number of isocyanates is 1. The van der Waals surface area contributed by atoms with Crippen molar-refractivity contribution in [2.45, 2.75) is 13.3 Å². The second kappa shape index (κ2) is 7.25. The van der Waals surface area contributed by atoms with E-state index in [0.717, 1.165) is 0 Å². The number of ether oxygens (including phenoxy) is 1. The van der Waals surface area contributed by atoms with Crippen LogP contribution in [0, 0.1) is 5.92 Å². The van der Waals surface area contributed by atoms with Crippen molar-refractivity contribution >= 4 is 12.0 Å². The van der Waals surface area contributed by atoms with E-state index in [4.69, 9.17) is 0 Å². The first-order valence-electron chi connectivity index (χ1n) is 3.97. The first kappa shape index (κ1) is 11.6. The molecule has 0 bridgehead atoms. The van der Waals surface area contributed by atoms with E-state index in [0.29, 0.717) is 6.54 Å². The van der Waals surface area contributed by atoms with E-state index in [9.17, 15) is 9.59 Å². The molecule has 4 heteroatoms. The highest BCUT2D eigenvalue weighted by atomic mass is 16.5. The monoisotopic (exact) mass is 183 g/mol. The maximum Gasteiger partial charge on any atom is 0.309 e. The molecule has 0 aromatic carbocycles. The molecule has 0 aromatic heterocycles. The van der Waals surface area contributed by atoms with Crippen LogP contribution in [0.2, 0.25) is 0 Å². The molecule has 0 aliphatic carbocycles. The second-order valence-electron chi connectivity index (χ2n) is 2.62. The third kappa shape index (κ3) is 6.97. The number of methoxy groups -OCH3 is 1. The lowest BCUT2D eigenvalue weighted by molar-refractivity contribution is -0.139. The molecule has 0 aliphatic rings. The lowest BCUT2D eigenvalue weighted by Gasteiger charge is -1.98. The standard InChI is InChI=1S/C9H13NO3/c1-8(6-10-7-11)4-3-5-9(12)13-2/h3-4,8H,5-6H2,1-2H3/b4-3+/t8-/m0/s1. The van der Waals surface area contributed by atoms with Crippen LogP contribution >= 0.6 is 0 Å². The van der Waals surface area contributed by atoms with Gasteiger partial charge >= 0.3 is 5.97 Å². The Hall–Kier alpha value is -1.41. The minimum Gasteiger partial charge on any atom is -0.469 e. The third-order valence-corrected chi connectivity index (χ3v) is 1.42. The second-order valence-corrected chi connectivity index (χ2v) is 2.62. The number of rotatable bonds is 5. The van der Waals surface area contributed by atoms with E-state index >= 15 is 0 Å². The lowest BCUT2D eigenvalue weighted by Crippen LogP contribution is -1.98. The van der Waals surface area contributed by atoms with Crippen LogP contribution in [0.15, 0.2) is 17.1 Å². The quantitative estimate of drug-likeness (QED) is 0.277. The molecule has 0 saturated carbocycles. The Morgan fingerprint density at radius 2 is 2.38 bits per heavy atom. The Kier molecular flexibility index (Phi) is 6.46. The fourth-order valence-corrected chi connectivity index (χ4v) is 0.722. The molecule has 0 N–H and O–H groups in total. The lowest BCUT2D eigenvalue weighted by atomic mass is 10.1. The first-order chi connectivity index (χ1) is 6.20. The van der Waals surface area contributed by atoms with Crippen molar-refractivity contribution in [2.75, 3.05) is 13.7 Å². The van der Waals surface area contributed by atoms with Crippen LogP contribution in [0.25, 0.3) is 0 Å². The number of nitrogens with zero attached hydrogens (tertiary/aromatic N) is 1. The van der Waals surface area contributed by atoms with Gasteiger partial charge in [0.05, 0.1) is 20.1 Å². The van der Waals surface area contributed by atoms with Crippen LogP contribution < -0.4 is 0 Å². The zero-order valence-corrected chi connectivity index (χ0v) is 7.82. The van der Waals surface area contributed by atoms with Gasteiger partial charge in [-0.2, -0.15) is 0 Å². The number of aliphatic imine (C=N–C) groups is 1. The fourth-order valence-electron chi connectivity index (χ4n) is 0.722. The summed E-state index contributed by atoms with van der Waals surface area (Å²) < 4.78 is 4.44. The Labute approximate surface area is 77.3 Å². The van der Waals surface area contributed by atoms with E-state index in [1.807, 2.05) is 13.0 Å². The van der Waals surface area contributed by atoms with Crippen LogP contribution in [0.4, 0.5) is 0 Å². The minimum atomic E-state index is -0.276. The molecule has 0 amide bonds. The summed E-state index contributed by atoms with van der Waals surface area (Å²) in [5.41, 5.74) is 0. The highest BCUT2D eigenvalue weighted by Crippen LogP contribution is 1.98. The van der Waals surface area contributed by atoms with Gasteiger partial charge < -0.3 is 4.74 Å². The molecule has 72 valence electrons. The van der Waals surface area contributed by atoms with Gasteiger partial charge in [-0.25, -0.2) is 9.79 Å². The molecule has 0 fully saturated rings. The number of carbonyl (C=O) groups is 1. The van der Waals surface area contributed by atoms with Crippen LogP contribution in [-0.2, 0) is 14.3 Å². The molecule has 0 spiro atoms. The molecule has 0 heterocycles. The van der Waals surface area contributed by atoms with Gasteiger partial charge in [0.25, 0.3) is 0 Å². The normalized spacial score (nSPS) is 12.2. The maximum atomic E-state index is 10.6. The molecular weight excluding hydrogens is 170 g/mol. The average Bonchev–Trinajstić information content (AvgIpc) is 2.14. The molecule has 13 heavy (non-hydrogen) atoms. The first-order valence-corrected chi connectivity index (χ1v) is 3.97. The highest BCUT2D eigenvalue weighted by molar-refractivity contribution is 5.70. The zero-order valence-electron chi connectivity index (χ0n) is 7.82. The van der Waals surface area contributed by atoms with Crippen molar-refractivity contribution in [3.63, 3.8) is 0 Å². The molecule has 0 radical (unpaired) electrons. The zero-order chi connectivity index (χ0) is 10.1. The topological polar surface area (TPSA) is 55.7 Å². The van der Waals surface area contributed by atoms with E-state index in [1.165, 1.54) is 13.2 Å². The Morgan fingerprint density at radius 1 is 1.69 bits per heavy atom. The summed E-state index contributed by atoms with van der Waals surface area (Å²) in [5.74, 6) is -0.131. The summed E-state index contributed by atoms with van der Waals surface area (Å²) in [6, 6.07) is 0. The summed E-state index contributed by atoms with van der Waals surface area (Å²) in [6.45, 7) is 2.30. The van der Waals surface area contributed by atoms with Gasteiger partial charge in [0.1, 0.15) is 0 Å². The van der Waals surface area contributed by atoms with Crippen molar-refractivity contribution in [2.24, 2.45) is 10.9 Å². The summed E-state index contributed by atoms with van der Waals surface area (Å²) in [4.78, 5) is 23.8. The van der Waals surface area contributed by atoms with Crippen molar-refractivity contribution in [3.8, 4) is 0 Å². The smallest absolute Gasteiger partial charge is 0.309 e. The summed E-state index contributed by atoms with van der Waals surface area (Å²) in [7, 11) is 1.34. The number of hydrogen-bond donors (Lipinski definition) is 0. The molecule has 1 atom stereocenters. The van der Waals surface area contributed by atoms with Gasteiger partial charge in [0, 0.05) is 0 Å². The SMILES string of the molecule is COC(=O)C/C=C/[C@H](C)CN=C=O. The number of esters is 1. The van der Waals surface area contributed by atoms with E-state index in [2.05, 4.69) is 9.73 Å². The van der Waals surface area contributed by atoms with Crippen molar-refractivity contribution in [1.29, 1.82) is 0 Å².